The smallest absolute Gasteiger partial charge is 0.216 e. The van der Waals surface area contributed by atoms with Crippen LogP contribution < -0.4 is 16.0 Å². The van der Waals surface area contributed by atoms with Crippen molar-refractivity contribution in [1.82, 2.24) is 5.32 Å². The summed E-state index contributed by atoms with van der Waals surface area (Å²) in [5, 5.41) is 2.80. The number of nitrogen functional groups attached to an aromatic ring is 1. The predicted octanol–water partition coefficient (Wildman–Crippen LogP) is 1.90. The molecule has 1 aromatic carbocycles. The summed E-state index contributed by atoms with van der Waals surface area (Å²) in [6.07, 6.45) is 1.72. The molecule has 0 aromatic heterocycles. The van der Waals surface area contributed by atoms with E-state index in [0.29, 0.717) is 31.2 Å². The minimum Gasteiger partial charge on any atom is -0.395 e. The molecule has 110 valence electrons. The maximum absolute atomic E-state index is 13.4. The van der Waals surface area contributed by atoms with Crippen molar-refractivity contribution in [2.75, 3.05) is 30.3 Å². The van der Waals surface area contributed by atoms with Gasteiger partial charge in [-0.3, -0.25) is 4.79 Å². The molecular weight excluding hydrogens is 264 g/mol. The van der Waals surface area contributed by atoms with Gasteiger partial charge in [-0.25, -0.2) is 8.78 Å². The third-order valence-electron chi connectivity index (χ3n) is 3.67. The van der Waals surface area contributed by atoms with E-state index in [4.69, 9.17) is 5.73 Å². The molecule has 1 amide bonds. The molecule has 0 atom stereocenters. The average Bonchev–Trinajstić information content (AvgIpc) is 2.41. The lowest BCUT2D eigenvalue weighted by atomic mass is 9.96. The summed E-state index contributed by atoms with van der Waals surface area (Å²) in [5.41, 5.74) is 6.08. The van der Waals surface area contributed by atoms with Crippen LogP contribution in [0.25, 0.3) is 0 Å². The number of hydrogen-bond acceptors (Lipinski definition) is 3. The number of nitrogens with two attached hydrogens (primary N) is 1. The Hall–Kier alpha value is -1.85. The van der Waals surface area contributed by atoms with Gasteiger partial charge >= 0.3 is 0 Å². The minimum atomic E-state index is -0.722. The van der Waals surface area contributed by atoms with E-state index in [2.05, 4.69) is 5.32 Å². The third-order valence-corrected chi connectivity index (χ3v) is 3.67. The van der Waals surface area contributed by atoms with Gasteiger partial charge in [0.05, 0.1) is 11.4 Å². The molecule has 0 radical (unpaired) electrons. The largest absolute Gasteiger partial charge is 0.395 e. The Labute approximate surface area is 116 Å². The van der Waals surface area contributed by atoms with Gasteiger partial charge in [-0.05, 0) is 24.8 Å². The number of piperidine rings is 1. The minimum absolute atomic E-state index is 0.00768. The van der Waals surface area contributed by atoms with Crippen LogP contribution in [-0.4, -0.2) is 25.5 Å². The highest BCUT2D eigenvalue weighted by atomic mass is 19.1. The highest BCUT2D eigenvalue weighted by Gasteiger charge is 2.22. The first kappa shape index (κ1) is 14.6. The van der Waals surface area contributed by atoms with E-state index in [1.54, 1.807) is 0 Å². The molecule has 1 heterocycles. The van der Waals surface area contributed by atoms with Gasteiger partial charge in [0.15, 0.2) is 5.82 Å². The van der Waals surface area contributed by atoms with E-state index in [1.807, 2.05) is 4.90 Å². The monoisotopic (exact) mass is 283 g/mol. The van der Waals surface area contributed by atoms with Crippen LogP contribution in [0, 0.1) is 17.6 Å². The summed E-state index contributed by atoms with van der Waals surface area (Å²) in [6.45, 7) is 3.50. The number of carbonyl (C=O) groups excluding carboxylic acids is 1. The van der Waals surface area contributed by atoms with Gasteiger partial charge in [-0.1, -0.05) is 0 Å². The summed E-state index contributed by atoms with van der Waals surface area (Å²) in [5.74, 6) is -0.980. The second kappa shape index (κ2) is 6.07. The van der Waals surface area contributed by atoms with Crippen molar-refractivity contribution in [3.63, 3.8) is 0 Å². The molecule has 0 saturated carbocycles. The SMILES string of the molecule is CC(=O)NCC1CCN(c2cc(F)cc(F)c2N)CC1. The Morgan fingerprint density at radius 3 is 2.65 bits per heavy atom. The Morgan fingerprint density at radius 2 is 2.05 bits per heavy atom. The Morgan fingerprint density at radius 1 is 1.40 bits per heavy atom. The molecule has 6 heteroatoms. The van der Waals surface area contributed by atoms with Crippen molar-refractivity contribution in [2.24, 2.45) is 5.92 Å². The predicted molar refractivity (Wildman–Crippen MR) is 74.4 cm³/mol. The maximum Gasteiger partial charge on any atom is 0.216 e. The zero-order valence-corrected chi connectivity index (χ0v) is 11.5. The first-order valence-electron chi connectivity index (χ1n) is 6.71. The van der Waals surface area contributed by atoms with E-state index >= 15 is 0 Å². The second-order valence-corrected chi connectivity index (χ2v) is 5.19. The van der Waals surface area contributed by atoms with Gasteiger partial charge in [-0.2, -0.15) is 0 Å². The fraction of sp³-hybridized carbons (Fsp3) is 0.500. The van der Waals surface area contributed by atoms with E-state index in [9.17, 15) is 13.6 Å². The second-order valence-electron chi connectivity index (χ2n) is 5.19. The lowest BCUT2D eigenvalue weighted by Crippen LogP contribution is -2.38. The normalized spacial score (nSPS) is 16.2. The number of hydrogen-bond donors (Lipinski definition) is 2. The van der Waals surface area contributed by atoms with Gasteiger partial charge in [0.1, 0.15) is 5.82 Å². The standard InChI is InChI=1S/C14H19F2N3O/c1-9(20)18-8-10-2-4-19(5-3-10)13-7-11(15)6-12(16)14(13)17/h6-7,10H,2-5,8,17H2,1H3,(H,18,20). The topological polar surface area (TPSA) is 58.4 Å². The van der Waals surface area contributed by atoms with Crippen LogP contribution in [0.15, 0.2) is 12.1 Å². The number of benzene rings is 1. The number of carbonyl (C=O) groups is 1. The molecular formula is C14H19F2N3O. The highest BCUT2D eigenvalue weighted by Crippen LogP contribution is 2.30. The summed E-state index contributed by atoms with van der Waals surface area (Å²) < 4.78 is 26.7. The van der Waals surface area contributed by atoms with Crippen LogP contribution in [0.5, 0.6) is 0 Å². The van der Waals surface area contributed by atoms with Crippen molar-refractivity contribution in [2.45, 2.75) is 19.8 Å². The van der Waals surface area contributed by atoms with Crippen LogP contribution >= 0.6 is 0 Å². The number of anilines is 2. The summed E-state index contributed by atoms with van der Waals surface area (Å²) >= 11 is 0. The Kier molecular flexibility index (Phi) is 4.42. The van der Waals surface area contributed by atoms with E-state index in [1.165, 1.54) is 13.0 Å². The molecule has 0 bridgehead atoms. The molecule has 20 heavy (non-hydrogen) atoms. The van der Waals surface area contributed by atoms with Gasteiger partial charge < -0.3 is 16.0 Å². The molecule has 1 saturated heterocycles. The molecule has 2 rings (SSSR count). The highest BCUT2D eigenvalue weighted by molar-refractivity contribution is 5.72. The maximum atomic E-state index is 13.4. The summed E-state index contributed by atoms with van der Waals surface area (Å²) in [7, 11) is 0. The molecule has 4 nitrogen and oxygen atoms in total. The summed E-state index contributed by atoms with van der Waals surface area (Å²) in [4.78, 5) is 12.8. The molecule has 1 fully saturated rings. The number of nitrogens with one attached hydrogen (secondary N) is 1. The van der Waals surface area contributed by atoms with Gasteiger partial charge in [0.2, 0.25) is 5.91 Å². The van der Waals surface area contributed by atoms with Crippen LogP contribution in [0.2, 0.25) is 0 Å². The molecule has 1 aliphatic rings. The molecule has 0 spiro atoms. The van der Waals surface area contributed by atoms with Gasteiger partial charge in [0, 0.05) is 32.6 Å². The van der Waals surface area contributed by atoms with Gasteiger partial charge in [0.25, 0.3) is 0 Å². The van der Waals surface area contributed by atoms with E-state index in [0.717, 1.165) is 18.9 Å². The zero-order chi connectivity index (χ0) is 14.7. The van der Waals surface area contributed by atoms with E-state index < -0.39 is 11.6 Å². The molecule has 3 N–H and O–H groups in total. The lowest BCUT2D eigenvalue weighted by molar-refractivity contribution is -0.119. The van der Waals surface area contributed by atoms with Crippen molar-refractivity contribution >= 4 is 17.3 Å². The Bertz CT molecular complexity index is 499. The van der Waals surface area contributed by atoms with Crippen molar-refractivity contribution < 1.29 is 13.6 Å². The fourth-order valence-corrected chi connectivity index (χ4v) is 2.50. The van der Waals surface area contributed by atoms with Crippen molar-refractivity contribution in [1.29, 1.82) is 0 Å². The number of amides is 1. The van der Waals surface area contributed by atoms with Crippen molar-refractivity contribution in [3.8, 4) is 0 Å². The molecule has 1 aromatic rings. The number of halogens is 2. The Balaban J connectivity index is 1.99. The number of rotatable bonds is 3. The third kappa shape index (κ3) is 3.37. The quantitative estimate of drug-likeness (QED) is 0.833. The van der Waals surface area contributed by atoms with E-state index in [-0.39, 0.29) is 11.6 Å². The zero-order valence-electron chi connectivity index (χ0n) is 11.5. The first-order chi connectivity index (χ1) is 9.47. The van der Waals surface area contributed by atoms with Crippen LogP contribution in [0.1, 0.15) is 19.8 Å². The van der Waals surface area contributed by atoms with Crippen LogP contribution in [0.4, 0.5) is 20.2 Å². The van der Waals surface area contributed by atoms with Gasteiger partial charge in [-0.15, -0.1) is 0 Å². The van der Waals surface area contributed by atoms with Crippen LogP contribution in [0.3, 0.4) is 0 Å². The molecule has 1 aliphatic heterocycles. The fourth-order valence-electron chi connectivity index (χ4n) is 2.50. The first-order valence-corrected chi connectivity index (χ1v) is 6.71. The average molecular weight is 283 g/mol. The van der Waals surface area contributed by atoms with Crippen molar-refractivity contribution in [3.05, 3.63) is 23.8 Å². The molecule has 0 aliphatic carbocycles. The lowest BCUT2D eigenvalue weighted by Gasteiger charge is -2.34. The molecule has 0 unspecified atom stereocenters. The number of nitrogens with zero attached hydrogens (tertiary/aromatic N) is 1. The van der Waals surface area contributed by atoms with Crippen LogP contribution in [-0.2, 0) is 4.79 Å². The summed E-state index contributed by atoms with van der Waals surface area (Å²) in [6, 6.07) is 2.06.